The van der Waals surface area contributed by atoms with E-state index in [1.807, 2.05) is 36.4 Å². The molecular formula is C20H22N2OS. The predicted octanol–water partition coefficient (Wildman–Crippen LogP) is 3.86. The van der Waals surface area contributed by atoms with Crippen LogP contribution >= 0.6 is 11.8 Å². The third-order valence-electron chi connectivity index (χ3n) is 4.79. The van der Waals surface area contributed by atoms with Crippen molar-refractivity contribution in [3.05, 3.63) is 71.8 Å². The van der Waals surface area contributed by atoms with E-state index in [0.717, 1.165) is 42.2 Å². The summed E-state index contributed by atoms with van der Waals surface area (Å²) >= 11 is 1.71. The number of fused-ring (bicyclic) bond motifs is 1. The maximum atomic E-state index is 11.8. The Balaban J connectivity index is 1.75. The van der Waals surface area contributed by atoms with Gasteiger partial charge in [0.25, 0.3) is 0 Å². The molecule has 0 spiro atoms. The molecule has 0 radical (unpaired) electrons. The number of aliphatic imine (C=N–C) groups is 1. The van der Waals surface area contributed by atoms with Gasteiger partial charge in [0.15, 0.2) is 10.9 Å². The van der Waals surface area contributed by atoms with Crippen LogP contribution in [0.15, 0.2) is 65.7 Å². The number of rotatable bonds is 3. The van der Waals surface area contributed by atoms with Crippen LogP contribution < -0.4 is 0 Å². The fourth-order valence-electron chi connectivity index (χ4n) is 3.59. The Morgan fingerprint density at radius 1 is 1.04 bits per heavy atom. The molecule has 2 aromatic rings. The zero-order valence-electron chi connectivity index (χ0n) is 13.6. The smallest absolute Gasteiger partial charge is 0.162 e. The van der Waals surface area contributed by atoms with Gasteiger partial charge in [-0.15, -0.1) is 0 Å². The van der Waals surface area contributed by atoms with Gasteiger partial charge in [-0.2, -0.15) is 0 Å². The molecule has 2 aromatic carbocycles. The third-order valence-corrected chi connectivity index (χ3v) is 6.23. The highest BCUT2D eigenvalue weighted by molar-refractivity contribution is 8.14. The lowest BCUT2D eigenvalue weighted by molar-refractivity contribution is -0.0637. The predicted molar refractivity (Wildman–Crippen MR) is 100 cm³/mol. The van der Waals surface area contributed by atoms with Crippen molar-refractivity contribution in [3.63, 3.8) is 0 Å². The van der Waals surface area contributed by atoms with E-state index in [1.54, 1.807) is 11.8 Å². The van der Waals surface area contributed by atoms with Gasteiger partial charge in [0.2, 0.25) is 0 Å². The number of hydrogen-bond donors (Lipinski definition) is 1. The summed E-state index contributed by atoms with van der Waals surface area (Å²) in [5, 5.41) is 12.8. The summed E-state index contributed by atoms with van der Waals surface area (Å²) in [5.74, 6) is 0. The molecule has 0 aromatic heterocycles. The fraction of sp³-hybridized carbons (Fsp3) is 0.350. The second-order valence-corrected chi connectivity index (χ2v) is 7.54. The van der Waals surface area contributed by atoms with Gasteiger partial charge in [-0.25, -0.2) is 0 Å². The first kappa shape index (κ1) is 15.7. The summed E-state index contributed by atoms with van der Waals surface area (Å²) < 4.78 is 0. The van der Waals surface area contributed by atoms with Crippen LogP contribution in [-0.2, 0) is 6.42 Å². The van der Waals surface area contributed by atoms with Crippen molar-refractivity contribution in [1.29, 1.82) is 0 Å². The number of hydrogen-bond acceptors (Lipinski definition) is 4. The van der Waals surface area contributed by atoms with Crippen LogP contribution in [0.25, 0.3) is 0 Å². The summed E-state index contributed by atoms with van der Waals surface area (Å²) in [6.45, 7) is 1.74. The normalized spacial score (nSPS) is 26.6. The van der Waals surface area contributed by atoms with Crippen LogP contribution in [0, 0.1) is 0 Å². The zero-order valence-corrected chi connectivity index (χ0v) is 14.5. The lowest BCUT2D eigenvalue weighted by atomic mass is 9.93. The maximum absolute atomic E-state index is 11.8. The minimum Gasteiger partial charge on any atom is -0.369 e. The van der Waals surface area contributed by atoms with Gasteiger partial charge < -0.3 is 10.0 Å². The second kappa shape index (κ2) is 6.61. The topological polar surface area (TPSA) is 35.8 Å². The van der Waals surface area contributed by atoms with E-state index in [1.165, 1.54) is 0 Å². The summed E-state index contributed by atoms with van der Waals surface area (Å²) in [6.07, 6.45) is 2.78. The van der Waals surface area contributed by atoms with Gasteiger partial charge in [0.05, 0.1) is 5.25 Å². The molecule has 0 aliphatic carbocycles. The number of nitrogens with zero attached hydrogens (tertiary/aromatic N) is 2. The van der Waals surface area contributed by atoms with Crippen molar-refractivity contribution in [2.45, 2.75) is 30.2 Å². The number of benzene rings is 2. The van der Waals surface area contributed by atoms with E-state index >= 15 is 0 Å². The van der Waals surface area contributed by atoms with Crippen LogP contribution in [0.3, 0.4) is 0 Å². The molecule has 2 unspecified atom stereocenters. The average Bonchev–Trinajstić information content (AvgIpc) is 2.78. The lowest BCUT2D eigenvalue weighted by Crippen LogP contribution is -2.50. The Kier molecular flexibility index (Phi) is 4.33. The Morgan fingerprint density at radius 3 is 2.50 bits per heavy atom. The first-order valence-electron chi connectivity index (χ1n) is 8.57. The summed E-state index contributed by atoms with van der Waals surface area (Å²) in [5.41, 5.74) is 1.39. The molecule has 2 aliphatic rings. The molecule has 24 heavy (non-hydrogen) atoms. The van der Waals surface area contributed by atoms with E-state index in [-0.39, 0.29) is 5.25 Å². The van der Waals surface area contributed by atoms with Crippen LogP contribution in [0.1, 0.15) is 29.2 Å². The molecule has 1 N–H and O–H groups in total. The molecule has 124 valence electrons. The highest BCUT2D eigenvalue weighted by Gasteiger charge is 2.51. The first-order chi connectivity index (χ1) is 11.8. The zero-order chi connectivity index (χ0) is 16.4. The van der Waals surface area contributed by atoms with Crippen LogP contribution in [0.4, 0.5) is 0 Å². The second-order valence-electron chi connectivity index (χ2n) is 6.47. The van der Waals surface area contributed by atoms with Gasteiger partial charge in [-0.1, -0.05) is 72.4 Å². The molecule has 0 amide bonds. The quantitative estimate of drug-likeness (QED) is 0.923. The Hall–Kier alpha value is -1.78. The molecule has 4 heteroatoms. The molecule has 1 fully saturated rings. The molecule has 0 saturated carbocycles. The van der Waals surface area contributed by atoms with Crippen molar-refractivity contribution >= 4 is 16.9 Å². The average molecular weight is 338 g/mol. The van der Waals surface area contributed by atoms with Crippen molar-refractivity contribution < 1.29 is 5.11 Å². The van der Waals surface area contributed by atoms with E-state index < -0.39 is 5.72 Å². The molecule has 4 rings (SSSR count). The van der Waals surface area contributed by atoms with E-state index in [9.17, 15) is 5.11 Å². The van der Waals surface area contributed by atoms with Gasteiger partial charge >= 0.3 is 0 Å². The van der Waals surface area contributed by atoms with Crippen LogP contribution in [-0.4, -0.2) is 34.0 Å². The van der Waals surface area contributed by atoms with Gasteiger partial charge in [-0.3, -0.25) is 4.99 Å². The van der Waals surface area contributed by atoms with Crippen LogP contribution in [0.2, 0.25) is 0 Å². The molecule has 2 atom stereocenters. The molecular weight excluding hydrogens is 316 g/mol. The van der Waals surface area contributed by atoms with Crippen LogP contribution in [0.5, 0.6) is 0 Å². The summed E-state index contributed by atoms with van der Waals surface area (Å²) in [4.78, 5) is 6.89. The number of thioether (sulfide) groups is 1. The van der Waals surface area contributed by atoms with E-state index in [4.69, 9.17) is 4.99 Å². The van der Waals surface area contributed by atoms with Gasteiger partial charge in [-0.05, 0) is 24.0 Å². The Bertz CT molecular complexity index is 719. The monoisotopic (exact) mass is 338 g/mol. The van der Waals surface area contributed by atoms with E-state index in [0.29, 0.717) is 6.42 Å². The minimum absolute atomic E-state index is 0.0178. The standard InChI is InChI=1S/C20H22N2OS/c23-20(15-16-9-3-1-4-10-16)18(17-11-5-2-6-12-17)24-19-21-13-7-8-14-22(19)20/h1-6,9-12,18,23H,7-8,13-15H2. The Labute approximate surface area is 147 Å². The number of aliphatic hydroxyl groups is 1. The Morgan fingerprint density at radius 2 is 1.75 bits per heavy atom. The van der Waals surface area contributed by atoms with Gasteiger partial charge in [0.1, 0.15) is 0 Å². The van der Waals surface area contributed by atoms with Gasteiger partial charge in [0, 0.05) is 19.5 Å². The molecule has 1 saturated heterocycles. The summed E-state index contributed by atoms with van der Waals surface area (Å²) in [7, 11) is 0. The SMILES string of the molecule is OC1(Cc2ccccc2)C(c2ccccc2)SC2=NCCCCN21. The highest BCUT2D eigenvalue weighted by Crippen LogP contribution is 2.50. The largest absolute Gasteiger partial charge is 0.369 e. The van der Waals surface area contributed by atoms with Crippen molar-refractivity contribution in [2.24, 2.45) is 4.99 Å². The van der Waals surface area contributed by atoms with Crippen molar-refractivity contribution in [2.75, 3.05) is 13.1 Å². The molecule has 2 aliphatic heterocycles. The van der Waals surface area contributed by atoms with Crippen molar-refractivity contribution in [1.82, 2.24) is 4.90 Å². The maximum Gasteiger partial charge on any atom is 0.162 e. The molecule has 2 heterocycles. The highest BCUT2D eigenvalue weighted by atomic mass is 32.2. The molecule has 0 bridgehead atoms. The first-order valence-corrected chi connectivity index (χ1v) is 9.45. The fourth-order valence-corrected chi connectivity index (χ4v) is 5.03. The summed E-state index contributed by atoms with van der Waals surface area (Å²) in [6, 6.07) is 20.6. The third kappa shape index (κ3) is 2.85. The van der Waals surface area contributed by atoms with Crippen molar-refractivity contribution in [3.8, 4) is 0 Å². The lowest BCUT2D eigenvalue weighted by Gasteiger charge is -2.37. The molecule has 3 nitrogen and oxygen atoms in total. The van der Waals surface area contributed by atoms with E-state index in [2.05, 4.69) is 29.2 Å². The minimum atomic E-state index is -0.934. The number of amidine groups is 1.